The number of para-hydroxylation sites is 1. The molecular weight excluding hydrogens is 252 g/mol. The lowest BCUT2D eigenvalue weighted by Crippen LogP contribution is -2.12. The van der Waals surface area contributed by atoms with Crippen LogP contribution in [0.15, 0.2) is 24.3 Å². The van der Waals surface area contributed by atoms with Crippen LogP contribution in [0.3, 0.4) is 0 Å². The van der Waals surface area contributed by atoms with Crippen molar-refractivity contribution in [1.82, 2.24) is 0 Å². The number of hydrogen-bond donors (Lipinski definition) is 0. The molecule has 0 amide bonds. The highest BCUT2D eigenvalue weighted by atomic mass is 16.7. The molecule has 0 aliphatic carbocycles. The van der Waals surface area contributed by atoms with Gasteiger partial charge in [0.1, 0.15) is 5.75 Å². The minimum Gasteiger partial charge on any atom is -0.434 e. The first-order valence-electron chi connectivity index (χ1n) is 7.18. The van der Waals surface area contributed by atoms with Crippen LogP contribution in [0.2, 0.25) is 0 Å². The first-order chi connectivity index (χ1) is 9.77. The highest BCUT2D eigenvalue weighted by Crippen LogP contribution is 2.17. The Kier molecular flexibility index (Phi) is 7.98. The van der Waals surface area contributed by atoms with Crippen LogP contribution in [-0.2, 0) is 4.74 Å². The van der Waals surface area contributed by atoms with Crippen LogP contribution in [0.5, 0.6) is 5.75 Å². The molecule has 0 heterocycles. The molecule has 0 saturated carbocycles. The van der Waals surface area contributed by atoms with Crippen molar-refractivity contribution in [3.05, 3.63) is 29.8 Å². The molecule has 3 heteroatoms. The van der Waals surface area contributed by atoms with Crippen LogP contribution in [0, 0.1) is 12.3 Å². The number of unbranched alkanes of at least 4 members (excludes halogenated alkanes) is 5. The first kappa shape index (κ1) is 16.1. The zero-order valence-corrected chi connectivity index (χ0v) is 12.1. The second-order valence-corrected chi connectivity index (χ2v) is 4.61. The minimum absolute atomic E-state index is 0.364. The van der Waals surface area contributed by atoms with Crippen molar-refractivity contribution >= 4 is 6.16 Å². The Labute approximate surface area is 121 Å². The van der Waals surface area contributed by atoms with Crippen LogP contribution in [0.1, 0.15) is 51.0 Å². The Morgan fingerprint density at radius 1 is 1.15 bits per heavy atom. The standard InChI is InChI=1S/C17H22O3/c1-3-5-6-7-8-11-14-19-17(18)20-16-13-10-9-12-15(16)4-2/h2,9-10,12-13H,3,5-8,11,14H2,1H3. The molecule has 1 aromatic rings. The zero-order valence-electron chi connectivity index (χ0n) is 12.1. The highest BCUT2D eigenvalue weighted by molar-refractivity contribution is 5.65. The molecule has 0 radical (unpaired) electrons. The quantitative estimate of drug-likeness (QED) is 0.302. The van der Waals surface area contributed by atoms with Crippen molar-refractivity contribution in [2.45, 2.75) is 45.4 Å². The van der Waals surface area contributed by atoms with E-state index < -0.39 is 6.16 Å². The van der Waals surface area contributed by atoms with Crippen molar-refractivity contribution < 1.29 is 14.3 Å². The molecule has 3 nitrogen and oxygen atoms in total. The molecule has 0 fully saturated rings. The maximum Gasteiger partial charge on any atom is 0.513 e. The topological polar surface area (TPSA) is 35.5 Å². The molecule has 1 aromatic carbocycles. The van der Waals surface area contributed by atoms with E-state index in [1.807, 2.05) is 0 Å². The van der Waals surface area contributed by atoms with Gasteiger partial charge in [-0.2, -0.15) is 0 Å². The maximum atomic E-state index is 11.5. The average molecular weight is 274 g/mol. The Hall–Kier alpha value is -1.95. The fraction of sp³-hybridized carbons (Fsp3) is 0.471. The predicted octanol–water partition coefficient (Wildman–Crippen LogP) is 4.54. The molecule has 108 valence electrons. The summed E-state index contributed by atoms with van der Waals surface area (Å²) in [5.41, 5.74) is 0.545. The molecule has 0 saturated heterocycles. The van der Waals surface area contributed by atoms with Gasteiger partial charge in [0.15, 0.2) is 0 Å². The van der Waals surface area contributed by atoms with Crippen LogP contribution in [0.25, 0.3) is 0 Å². The average Bonchev–Trinajstić information content (AvgIpc) is 2.47. The summed E-state index contributed by atoms with van der Waals surface area (Å²) in [6, 6.07) is 6.93. The van der Waals surface area contributed by atoms with Crippen molar-refractivity contribution in [3.63, 3.8) is 0 Å². The second kappa shape index (κ2) is 9.91. The fourth-order valence-corrected chi connectivity index (χ4v) is 1.83. The second-order valence-electron chi connectivity index (χ2n) is 4.61. The fourth-order valence-electron chi connectivity index (χ4n) is 1.83. The van der Waals surface area contributed by atoms with Gasteiger partial charge in [-0.05, 0) is 18.6 Å². The number of carbonyl (C=O) groups is 1. The lowest BCUT2D eigenvalue weighted by atomic mass is 10.1. The lowest BCUT2D eigenvalue weighted by molar-refractivity contribution is 0.0972. The van der Waals surface area contributed by atoms with Gasteiger partial charge < -0.3 is 9.47 Å². The summed E-state index contributed by atoms with van der Waals surface area (Å²) < 4.78 is 10.1. The Morgan fingerprint density at radius 3 is 2.60 bits per heavy atom. The molecule has 0 aromatic heterocycles. The van der Waals surface area contributed by atoms with Gasteiger partial charge in [0.05, 0.1) is 12.2 Å². The highest BCUT2D eigenvalue weighted by Gasteiger charge is 2.08. The summed E-state index contributed by atoms with van der Waals surface area (Å²) in [5, 5.41) is 0. The largest absolute Gasteiger partial charge is 0.513 e. The number of terminal acetylenes is 1. The smallest absolute Gasteiger partial charge is 0.434 e. The molecule has 0 atom stereocenters. The van der Waals surface area contributed by atoms with Crippen LogP contribution in [-0.4, -0.2) is 12.8 Å². The van der Waals surface area contributed by atoms with Crippen molar-refractivity contribution in [2.24, 2.45) is 0 Å². The summed E-state index contributed by atoms with van der Waals surface area (Å²) in [5.74, 6) is 2.83. The van der Waals surface area contributed by atoms with E-state index in [1.54, 1.807) is 24.3 Å². The Morgan fingerprint density at radius 2 is 1.85 bits per heavy atom. The SMILES string of the molecule is C#Cc1ccccc1OC(=O)OCCCCCCCC. The van der Waals surface area contributed by atoms with E-state index in [0.717, 1.165) is 12.8 Å². The maximum absolute atomic E-state index is 11.5. The monoisotopic (exact) mass is 274 g/mol. The van der Waals surface area contributed by atoms with Gasteiger partial charge in [0, 0.05) is 0 Å². The zero-order chi connectivity index (χ0) is 14.6. The molecule has 0 spiro atoms. The summed E-state index contributed by atoms with van der Waals surface area (Å²) in [6.07, 6.45) is 11.5. The number of benzene rings is 1. The minimum atomic E-state index is -0.693. The molecule has 0 bridgehead atoms. The third kappa shape index (κ3) is 6.29. The van der Waals surface area contributed by atoms with Gasteiger partial charge in [0.2, 0.25) is 0 Å². The van der Waals surface area contributed by atoms with Gasteiger partial charge in [-0.3, -0.25) is 0 Å². The van der Waals surface area contributed by atoms with Crippen LogP contribution in [0.4, 0.5) is 4.79 Å². The van der Waals surface area contributed by atoms with Crippen LogP contribution < -0.4 is 4.74 Å². The van der Waals surface area contributed by atoms with E-state index in [0.29, 0.717) is 17.9 Å². The van der Waals surface area contributed by atoms with E-state index >= 15 is 0 Å². The van der Waals surface area contributed by atoms with E-state index in [2.05, 4.69) is 12.8 Å². The van der Waals surface area contributed by atoms with Gasteiger partial charge in [0.25, 0.3) is 0 Å². The molecule has 0 aliphatic rings. The number of ether oxygens (including phenoxy) is 2. The first-order valence-corrected chi connectivity index (χ1v) is 7.18. The number of rotatable bonds is 8. The van der Waals surface area contributed by atoms with Crippen molar-refractivity contribution in [3.8, 4) is 18.1 Å². The number of carbonyl (C=O) groups excluding carboxylic acids is 1. The van der Waals surface area contributed by atoms with Crippen molar-refractivity contribution in [1.29, 1.82) is 0 Å². The van der Waals surface area contributed by atoms with E-state index in [9.17, 15) is 4.79 Å². The predicted molar refractivity (Wildman–Crippen MR) is 79.7 cm³/mol. The van der Waals surface area contributed by atoms with Gasteiger partial charge in [-0.1, -0.05) is 57.1 Å². The molecule has 0 N–H and O–H groups in total. The van der Waals surface area contributed by atoms with Gasteiger partial charge in [-0.25, -0.2) is 4.79 Å². The Balaban J connectivity index is 2.19. The molecule has 1 rings (SSSR count). The molecule has 0 aliphatic heterocycles. The van der Waals surface area contributed by atoms with E-state index in [-0.39, 0.29) is 0 Å². The van der Waals surface area contributed by atoms with E-state index in [4.69, 9.17) is 15.9 Å². The van der Waals surface area contributed by atoms with Gasteiger partial charge >= 0.3 is 6.16 Å². The van der Waals surface area contributed by atoms with Crippen LogP contribution >= 0.6 is 0 Å². The molecule has 0 unspecified atom stereocenters. The normalized spacial score (nSPS) is 9.80. The van der Waals surface area contributed by atoms with Gasteiger partial charge in [-0.15, -0.1) is 6.42 Å². The lowest BCUT2D eigenvalue weighted by Gasteiger charge is -2.07. The summed E-state index contributed by atoms with van der Waals surface area (Å²) in [4.78, 5) is 11.5. The summed E-state index contributed by atoms with van der Waals surface area (Å²) in [7, 11) is 0. The number of hydrogen-bond acceptors (Lipinski definition) is 3. The van der Waals surface area contributed by atoms with E-state index in [1.165, 1.54) is 25.7 Å². The summed E-state index contributed by atoms with van der Waals surface area (Å²) in [6.45, 7) is 2.58. The summed E-state index contributed by atoms with van der Waals surface area (Å²) >= 11 is 0. The molecule has 20 heavy (non-hydrogen) atoms. The Bertz CT molecular complexity index is 446. The van der Waals surface area contributed by atoms with Crippen molar-refractivity contribution in [2.75, 3.05) is 6.61 Å². The third-order valence-electron chi connectivity index (χ3n) is 2.95. The molecular formula is C17H22O3. The third-order valence-corrected chi connectivity index (χ3v) is 2.95.